The number of ether oxygens (including phenoxy) is 1. The quantitative estimate of drug-likeness (QED) is 0.447. The Kier molecular flexibility index (Phi) is 3.37. The Bertz CT molecular complexity index is 267. The first-order chi connectivity index (χ1) is 5.74. The average molecular weight is 187 g/mol. The minimum atomic E-state index is -0.294. The summed E-state index contributed by atoms with van der Waals surface area (Å²) in [5.74, 6) is 0.151. The van der Waals surface area contributed by atoms with E-state index in [1.807, 2.05) is 0 Å². The number of hydrogen-bond donors (Lipinski definition) is 1. The zero-order valence-electron chi connectivity index (χ0n) is 6.71. The number of methoxy groups -OCH3 is 1. The molecule has 0 radical (unpaired) electrons. The van der Waals surface area contributed by atoms with E-state index in [4.69, 9.17) is 10.5 Å². The molecule has 0 spiro atoms. The monoisotopic (exact) mass is 187 g/mol. The lowest BCUT2D eigenvalue weighted by Gasteiger charge is -2.02. The maximum atomic E-state index is 13.0. The van der Waals surface area contributed by atoms with Crippen molar-refractivity contribution in [3.8, 4) is 0 Å². The summed E-state index contributed by atoms with van der Waals surface area (Å²) in [4.78, 5) is 0.561. The minimum absolute atomic E-state index is 0.294. The molecule has 1 rings (SSSR count). The molecule has 0 aliphatic rings. The Labute approximate surface area is 74.9 Å². The van der Waals surface area contributed by atoms with E-state index in [1.165, 1.54) is 17.8 Å². The molecule has 0 unspecified atom stereocenters. The topological polar surface area (TPSA) is 35.2 Å². The third kappa shape index (κ3) is 2.39. The van der Waals surface area contributed by atoms with Crippen LogP contribution in [0.4, 0.5) is 10.1 Å². The Morgan fingerprint density at radius 2 is 2.33 bits per heavy atom. The van der Waals surface area contributed by atoms with Gasteiger partial charge in [-0.15, -0.1) is 0 Å². The Balaban J connectivity index is 2.72. The van der Waals surface area contributed by atoms with Gasteiger partial charge in [-0.1, -0.05) is 11.8 Å². The van der Waals surface area contributed by atoms with Crippen LogP contribution in [0.1, 0.15) is 0 Å². The molecule has 0 aliphatic carbocycles. The zero-order valence-corrected chi connectivity index (χ0v) is 7.53. The predicted molar refractivity (Wildman–Crippen MR) is 48.5 cm³/mol. The molecule has 0 saturated carbocycles. The summed E-state index contributed by atoms with van der Waals surface area (Å²) in [7, 11) is 1.57. The second-order valence-electron chi connectivity index (χ2n) is 2.24. The van der Waals surface area contributed by atoms with Gasteiger partial charge in [-0.2, -0.15) is 0 Å². The highest BCUT2D eigenvalue weighted by Crippen LogP contribution is 2.22. The van der Waals surface area contributed by atoms with Crippen LogP contribution in [0, 0.1) is 5.82 Å². The fourth-order valence-corrected chi connectivity index (χ4v) is 1.36. The van der Waals surface area contributed by atoms with Crippen molar-refractivity contribution in [3.05, 3.63) is 24.0 Å². The average Bonchev–Trinajstić information content (AvgIpc) is 2.03. The number of nitrogens with two attached hydrogens (primary N) is 1. The van der Waals surface area contributed by atoms with Gasteiger partial charge in [0.25, 0.3) is 0 Å². The molecular formula is C8H10FNOS. The van der Waals surface area contributed by atoms with Gasteiger partial charge in [0.15, 0.2) is 0 Å². The lowest BCUT2D eigenvalue weighted by Crippen LogP contribution is -1.89. The Morgan fingerprint density at radius 1 is 1.58 bits per heavy atom. The fourth-order valence-electron chi connectivity index (χ4n) is 0.757. The molecule has 0 atom stereocenters. The van der Waals surface area contributed by atoms with E-state index in [9.17, 15) is 4.39 Å². The fraction of sp³-hybridized carbons (Fsp3) is 0.250. The maximum Gasteiger partial charge on any atom is 0.138 e. The van der Waals surface area contributed by atoms with Crippen molar-refractivity contribution in [1.82, 2.24) is 0 Å². The normalized spacial score (nSPS) is 10.2. The minimum Gasteiger partial charge on any atom is -0.399 e. The first-order valence-corrected chi connectivity index (χ1v) is 4.39. The van der Waals surface area contributed by atoms with Crippen LogP contribution in [-0.2, 0) is 4.74 Å². The van der Waals surface area contributed by atoms with Crippen LogP contribution in [0.5, 0.6) is 0 Å². The van der Waals surface area contributed by atoms with E-state index >= 15 is 0 Å². The molecule has 12 heavy (non-hydrogen) atoms. The van der Waals surface area contributed by atoms with Gasteiger partial charge in [0, 0.05) is 17.7 Å². The summed E-state index contributed by atoms with van der Waals surface area (Å²) in [6, 6.07) is 4.62. The summed E-state index contributed by atoms with van der Waals surface area (Å²) >= 11 is 1.30. The number of rotatable bonds is 3. The number of hydrogen-bond acceptors (Lipinski definition) is 3. The molecule has 2 N–H and O–H groups in total. The number of benzene rings is 1. The molecule has 0 bridgehead atoms. The van der Waals surface area contributed by atoms with Crippen LogP contribution >= 0.6 is 11.8 Å². The summed E-state index contributed by atoms with van der Waals surface area (Å²) in [5.41, 5.74) is 5.81. The van der Waals surface area contributed by atoms with E-state index < -0.39 is 0 Å². The molecule has 0 aromatic heterocycles. The highest BCUT2D eigenvalue weighted by molar-refractivity contribution is 7.99. The predicted octanol–water partition coefficient (Wildman–Crippen LogP) is 2.10. The maximum absolute atomic E-state index is 13.0. The summed E-state index contributed by atoms with van der Waals surface area (Å²) in [5, 5.41) is 0. The number of thioether (sulfide) groups is 1. The van der Waals surface area contributed by atoms with Crippen LogP contribution in [0.25, 0.3) is 0 Å². The second kappa shape index (κ2) is 4.33. The van der Waals surface area contributed by atoms with Crippen LogP contribution in [0.2, 0.25) is 0 Å². The molecule has 66 valence electrons. The Morgan fingerprint density at radius 3 is 2.92 bits per heavy atom. The third-order valence-corrected chi connectivity index (χ3v) is 2.28. The number of anilines is 1. The first kappa shape index (κ1) is 9.35. The van der Waals surface area contributed by atoms with Crippen molar-refractivity contribution in [2.45, 2.75) is 4.90 Å². The van der Waals surface area contributed by atoms with Gasteiger partial charge >= 0.3 is 0 Å². The van der Waals surface area contributed by atoms with Gasteiger partial charge in [0.05, 0.1) is 5.94 Å². The van der Waals surface area contributed by atoms with Gasteiger partial charge in [0.2, 0.25) is 0 Å². The van der Waals surface area contributed by atoms with E-state index in [1.54, 1.807) is 19.2 Å². The molecule has 0 aliphatic heterocycles. The number of halogens is 1. The van der Waals surface area contributed by atoms with Crippen molar-refractivity contribution in [2.75, 3.05) is 18.8 Å². The molecular weight excluding hydrogens is 177 g/mol. The molecule has 0 saturated heterocycles. The third-order valence-electron chi connectivity index (χ3n) is 1.29. The zero-order chi connectivity index (χ0) is 8.97. The van der Waals surface area contributed by atoms with Crippen molar-refractivity contribution >= 4 is 17.4 Å². The van der Waals surface area contributed by atoms with Crippen LogP contribution in [-0.4, -0.2) is 13.0 Å². The second-order valence-corrected chi connectivity index (χ2v) is 3.20. The lowest BCUT2D eigenvalue weighted by atomic mass is 10.3. The van der Waals surface area contributed by atoms with E-state index in [-0.39, 0.29) is 5.82 Å². The highest BCUT2D eigenvalue weighted by atomic mass is 32.2. The van der Waals surface area contributed by atoms with Gasteiger partial charge in [-0.25, -0.2) is 4.39 Å². The van der Waals surface area contributed by atoms with Crippen molar-refractivity contribution in [1.29, 1.82) is 0 Å². The summed E-state index contributed by atoms with van der Waals surface area (Å²) in [6.45, 7) is 0. The smallest absolute Gasteiger partial charge is 0.138 e. The van der Waals surface area contributed by atoms with E-state index in [0.29, 0.717) is 16.5 Å². The Hall–Kier alpha value is -0.740. The molecule has 2 nitrogen and oxygen atoms in total. The van der Waals surface area contributed by atoms with E-state index in [2.05, 4.69) is 0 Å². The SMILES string of the molecule is COCSc1ccc(N)cc1F. The molecule has 1 aromatic carbocycles. The van der Waals surface area contributed by atoms with Crippen molar-refractivity contribution in [3.63, 3.8) is 0 Å². The lowest BCUT2D eigenvalue weighted by molar-refractivity contribution is 0.258. The molecule has 4 heteroatoms. The summed E-state index contributed by atoms with van der Waals surface area (Å²) < 4.78 is 17.8. The van der Waals surface area contributed by atoms with Gasteiger partial charge in [-0.3, -0.25) is 0 Å². The molecule has 0 heterocycles. The highest BCUT2D eigenvalue weighted by Gasteiger charge is 2.01. The first-order valence-electron chi connectivity index (χ1n) is 3.41. The van der Waals surface area contributed by atoms with Gasteiger partial charge in [-0.05, 0) is 18.2 Å². The molecule has 1 aromatic rings. The van der Waals surface area contributed by atoms with Crippen LogP contribution in [0.15, 0.2) is 23.1 Å². The van der Waals surface area contributed by atoms with Gasteiger partial charge in [0.1, 0.15) is 5.82 Å². The van der Waals surface area contributed by atoms with Crippen LogP contribution in [0.3, 0.4) is 0 Å². The molecule has 0 amide bonds. The van der Waals surface area contributed by atoms with Crippen LogP contribution < -0.4 is 5.73 Å². The van der Waals surface area contributed by atoms with Crippen molar-refractivity contribution in [2.24, 2.45) is 0 Å². The number of nitrogen functional groups attached to an aromatic ring is 1. The summed E-state index contributed by atoms with van der Waals surface area (Å²) in [6.07, 6.45) is 0. The largest absolute Gasteiger partial charge is 0.399 e. The van der Waals surface area contributed by atoms with E-state index in [0.717, 1.165) is 0 Å². The molecule has 0 fully saturated rings. The van der Waals surface area contributed by atoms with Gasteiger partial charge < -0.3 is 10.5 Å². The standard InChI is InChI=1S/C8H10FNOS/c1-11-5-12-8-3-2-6(10)4-7(8)9/h2-4H,5,10H2,1H3. The van der Waals surface area contributed by atoms with Crippen molar-refractivity contribution < 1.29 is 9.13 Å².